The Morgan fingerprint density at radius 3 is 2.95 bits per heavy atom. The average Bonchev–Trinajstić information content (AvgIpc) is 2.47. The molecule has 1 aromatic carbocycles. The first-order chi connectivity index (χ1) is 9.27. The van der Waals surface area contributed by atoms with Crippen molar-refractivity contribution in [3.63, 3.8) is 0 Å². The van der Waals surface area contributed by atoms with E-state index in [1.54, 1.807) is 0 Å². The Bertz CT molecular complexity index is 490. The molecule has 0 bridgehead atoms. The quantitative estimate of drug-likeness (QED) is 0.833. The molecule has 1 fully saturated rings. The molecule has 100 valence electrons. The van der Waals surface area contributed by atoms with Crippen molar-refractivity contribution >= 4 is 5.91 Å². The molecule has 0 radical (unpaired) electrons. The molecule has 1 aliphatic rings. The van der Waals surface area contributed by atoms with Gasteiger partial charge in [-0.05, 0) is 37.3 Å². The van der Waals surface area contributed by atoms with Gasteiger partial charge in [0.25, 0.3) is 5.91 Å². The molecule has 1 atom stereocenters. The zero-order valence-corrected chi connectivity index (χ0v) is 11.4. The lowest BCUT2D eigenvalue weighted by Crippen LogP contribution is -2.43. The van der Waals surface area contributed by atoms with E-state index < -0.39 is 0 Å². The molecular weight excluding hydrogens is 236 g/mol. The molecular formula is C16H20N2O. The van der Waals surface area contributed by atoms with E-state index in [-0.39, 0.29) is 5.91 Å². The second kappa shape index (κ2) is 6.38. The summed E-state index contributed by atoms with van der Waals surface area (Å²) in [5.41, 5.74) is 1.54. The fourth-order valence-electron chi connectivity index (χ4n) is 2.82. The maximum absolute atomic E-state index is 12.7. The number of likely N-dealkylation sites (tertiary alicyclic amines) is 1. The Hall–Kier alpha value is -1.82. The molecule has 0 aromatic heterocycles. The number of nitriles is 1. The third-order valence-corrected chi connectivity index (χ3v) is 3.88. The van der Waals surface area contributed by atoms with Crippen molar-refractivity contribution in [3.8, 4) is 6.07 Å². The molecule has 3 nitrogen and oxygen atoms in total. The lowest BCUT2D eigenvalue weighted by Gasteiger charge is -2.35. The molecule has 0 aliphatic carbocycles. The lowest BCUT2D eigenvalue weighted by atomic mass is 9.97. The zero-order chi connectivity index (χ0) is 13.7. The van der Waals surface area contributed by atoms with Gasteiger partial charge in [-0.3, -0.25) is 4.79 Å². The Morgan fingerprint density at radius 2 is 2.21 bits per heavy atom. The summed E-state index contributed by atoms with van der Waals surface area (Å²) < 4.78 is 0. The van der Waals surface area contributed by atoms with E-state index in [1.807, 2.05) is 29.2 Å². The van der Waals surface area contributed by atoms with E-state index in [0.29, 0.717) is 18.0 Å². The van der Waals surface area contributed by atoms with Crippen LogP contribution in [0.2, 0.25) is 0 Å². The van der Waals surface area contributed by atoms with Crippen LogP contribution < -0.4 is 0 Å². The lowest BCUT2D eigenvalue weighted by molar-refractivity contribution is 0.0607. The second-order valence-electron chi connectivity index (χ2n) is 5.05. The molecule has 3 heteroatoms. The van der Waals surface area contributed by atoms with E-state index in [1.165, 1.54) is 6.42 Å². The number of benzene rings is 1. The molecule has 0 saturated carbocycles. The Kier molecular flexibility index (Phi) is 4.57. The minimum absolute atomic E-state index is 0.0948. The van der Waals surface area contributed by atoms with Crippen LogP contribution in [0, 0.1) is 11.3 Å². The van der Waals surface area contributed by atoms with Crippen molar-refractivity contribution in [2.75, 3.05) is 6.54 Å². The summed E-state index contributed by atoms with van der Waals surface area (Å²) in [4.78, 5) is 14.7. The highest BCUT2D eigenvalue weighted by atomic mass is 16.2. The number of carbonyl (C=O) groups is 1. The zero-order valence-electron chi connectivity index (χ0n) is 11.4. The minimum atomic E-state index is 0.0948. The summed E-state index contributed by atoms with van der Waals surface area (Å²) in [5.74, 6) is 0.0948. The van der Waals surface area contributed by atoms with Crippen molar-refractivity contribution < 1.29 is 4.79 Å². The van der Waals surface area contributed by atoms with Gasteiger partial charge in [-0.2, -0.15) is 5.26 Å². The van der Waals surface area contributed by atoms with Gasteiger partial charge in [-0.1, -0.05) is 25.1 Å². The molecule has 1 unspecified atom stereocenters. The van der Waals surface area contributed by atoms with Gasteiger partial charge in [-0.15, -0.1) is 0 Å². The monoisotopic (exact) mass is 256 g/mol. The third-order valence-electron chi connectivity index (χ3n) is 3.88. The SMILES string of the molecule is CCC1CCCCN1C(=O)c1ccccc1CC#N. The summed E-state index contributed by atoms with van der Waals surface area (Å²) >= 11 is 0. The first kappa shape index (κ1) is 13.6. The standard InChI is InChI=1S/C16H20N2O/c1-2-14-8-5-6-12-18(14)16(19)15-9-4-3-7-13(15)10-11-17/h3-4,7,9,14H,2,5-6,8,10,12H2,1H3. The molecule has 19 heavy (non-hydrogen) atoms. The van der Waals surface area contributed by atoms with Crippen LogP contribution in [0.25, 0.3) is 0 Å². The molecule has 1 saturated heterocycles. The molecule has 1 heterocycles. The summed E-state index contributed by atoms with van der Waals surface area (Å²) in [7, 11) is 0. The van der Waals surface area contributed by atoms with E-state index in [4.69, 9.17) is 5.26 Å². The van der Waals surface area contributed by atoms with E-state index in [9.17, 15) is 4.79 Å². The third kappa shape index (κ3) is 2.96. The van der Waals surface area contributed by atoms with Gasteiger partial charge in [0.15, 0.2) is 0 Å². The van der Waals surface area contributed by atoms with Gasteiger partial charge in [0.1, 0.15) is 0 Å². The maximum atomic E-state index is 12.7. The van der Waals surface area contributed by atoms with Crippen LogP contribution in [0.1, 0.15) is 48.5 Å². The summed E-state index contributed by atoms with van der Waals surface area (Å²) in [6.45, 7) is 2.98. The van der Waals surface area contributed by atoms with Gasteiger partial charge >= 0.3 is 0 Å². The topological polar surface area (TPSA) is 44.1 Å². The van der Waals surface area contributed by atoms with Crippen molar-refractivity contribution in [2.24, 2.45) is 0 Å². The van der Waals surface area contributed by atoms with Crippen LogP contribution in [0.5, 0.6) is 0 Å². The van der Waals surface area contributed by atoms with E-state index >= 15 is 0 Å². The Balaban J connectivity index is 2.25. The highest BCUT2D eigenvalue weighted by molar-refractivity contribution is 5.96. The number of rotatable bonds is 3. The number of piperidine rings is 1. The summed E-state index contributed by atoms with van der Waals surface area (Å²) in [5, 5.41) is 8.86. The van der Waals surface area contributed by atoms with Crippen LogP contribution in [-0.4, -0.2) is 23.4 Å². The van der Waals surface area contributed by atoms with Crippen molar-refractivity contribution in [2.45, 2.75) is 45.1 Å². The average molecular weight is 256 g/mol. The maximum Gasteiger partial charge on any atom is 0.254 e. The number of hydrogen-bond donors (Lipinski definition) is 0. The summed E-state index contributed by atoms with van der Waals surface area (Å²) in [6.07, 6.45) is 4.70. The van der Waals surface area contributed by atoms with Crippen molar-refractivity contribution in [1.82, 2.24) is 4.90 Å². The number of nitrogens with zero attached hydrogens (tertiary/aromatic N) is 2. The largest absolute Gasteiger partial charge is 0.336 e. The van der Waals surface area contributed by atoms with Crippen LogP contribution in [0.4, 0.5) is 0 Å². The Morgan fingerprint density at radius 1 is 1.42 bits per heavy atom. The van der Waals surface area contributed by atoms with Crippen molar-refractivity contribution in [3.05, 3.63) is 35.4 Å². The van der Waals surface area contributed by atoms with Gasteiger partial charge in [0, 0.05) is 18.2 Å². The fraction of sp³-hybridized carbons (Fsp3) is 0.500. The molecule has 0 N–H and O–H groups in total. The second-order valence-corrected chi connectivity index (χ2v) is 5.05. The first-order valence-corrected chi connectivity index (χ1v) is 7.03. The van der Waals surface area contributed by atoms with Gasteiger partial charge < -0.3 is 4.90 Å². The molecule has 0 spiro atoms. The highest BCUT2D eigenvalue weighted by Crippen LogP contribution is 2.23. The number of carbonyl (C=O) groups excluding carboxylic acids is 1. The van der Waals surface area contributed by atoms with Crippen LogP contribution in [0.15, 0.2) is 24.3 Å². The van der Waals surface area contributed by atoms with E-state index in [2.05, 4.69) is 13.0 Å². The molecule has 1 aromatic rings. The Labute approximate surface area is 114 Å². The van der Waals surface area contributed by atoms with Crippen molar-refractivity contribution in [1.29, 1.82) is 5.26 Å². The normalized spacial score (nSPS) is 18.9. The highest BCUT2D eigenvalue weighted by Gasteiger charge is 2.27. The van der Waals surface area contributed by atoms with Gasteiger partial charge in [0.05, 0.1) is 12.5 Å². The molecule has 2 rings (SSSR count). The van der Waals surface area contributed by atoms with Crippen LogP contribution in [-0.2, 0) is 6.42 Å². The predicted molar refractivity (Wildman–Crippen MR) is 74.7 cm³/mol. The summed E-state index contributed by atoms with van der Waals surface area (Å²) in [6, 6.07) is 9.97. The minimum Gasteiger partial charge on any atom is -0.336 e. The number of amides is 1. The van der Waals surface area contributed by atoms with Crippen LogP contribution >= 0.6 is 0 Å². The van der Waals surface area contributed by atoms with Gasteiger partial charge in [-0.25, -0.2) is 0 Å². The van der Waals surface area contributed by atoms with Crippen LogP contribution in [0.3, 0.4) is 0 Å². The molecule has 1 aliphatic heterocycles. The first-order valence-electron chi connectivity index (χ1n) is 7.03. The predicted octanol–water partition coefficient (Wildman–Crippen LogP) is 3.16. The fourth-order valence-corrected chi connectivity index (χ4v) is 2.82. The van der Waals surface area contributed by atoms with Gasteiger partial charge in [0.2, 0.25) is 0 Å². The number of hydrogen-bond acceptors (Lipinski definition) is 2. The van der Waals surface area contributed by atoms with E-state index in [0.717, 1.165) is 31.4 Å². The smallest absolute Gasteiger partial charge is 0.254 e. The molecule has 1 amide bonds.